The summed E-state index contributed by atoms with van der Waals surface area (Å²) in [7, 11) is 2.23. The summed E-state index contributed by atoms with van der Waals surface area (Å²) in [6, 6.07) is 0.899. The number of piperidine rings is 1. The smallest absolute Gasteiger partial charge is 0.0350 e. The first-order valence-electron chi connectivity index (χ1n) is 6.16. The Morgan fingerprint density at radius 2 is 1.50 bits per heavy atom. The van der Waals surface area contributed by atoms with E-state index in [2.05, 4.69) is 23.8 Å². The number of nitrogens with zero attached hydrogens (tertiary/aromatic N) is 2. The van der Waals surface area contributed by atoms with Gasteiger partial charge in [-0.2, -0.15) is 0 Å². The van der Waals surface area contributed by atoms with E-state index in [1.54, 1.807) is 0 Å². The Bertz CT molecular complexity index is 208. The third-order valence-corrected chi connectivity index (χ3v) is 4.89. The maximum Gasteiger partial charge on any atom is 0.0350 e. The maximum atomic E-state index is 2.78. The molecule has 0 aromatic rings. The molecule has 0 radical (unpaired) electrons. The van der Waals surface area contributed by atoms with Gasteiger partial charge in [0.15, 0.2) is 0 Å². The van der Waals surface area contributed by atoms with Crippen molar-refractivity contribution in [2.24, 2.45) is 17.8 Å². The lowest BCUT2D eigenvalue weighted by molar-refractivity contribution is 0.00473. The van der Waals surface area contributed by atoms with Crippen LogP contribution in [0.1, 0.15) is 19.8 Å². The maximum absolute atomic E-state index is 2.78. The van der Waals surface area contributed by atoms with Gasteiger partial charge >= 0.3 is 0 Å². The van der Waals surface area contributed by atoms with Crippen LogP contribution in [-0.2, 0) is 0 Å². The van der Waals surface area contributed by atoms with Gasteiger partial charge in [-0.15, -0.1) is 0 Å². The van der Waals surface area contributed by atoms with Crippen LogP contribution in [0, 0.1) is 17.8 Å². The van der Waals surface area contributed by atoms with Crippen LogP contribution in [0.2, 0.25) is 0 Å². The van der Waals surface area contributed by atoms with Gasteiger partial charge in [-0.3, -0.25) is 4.90 Å². The summed E-state index contributed by atoms with van der Waals surface area (Å²) in [5, 5.41) is 0. The van der Waals surface area contributed by atoms with Crippen molar-refractivity contribution in [1.82, 2.24) is 9.80 Å². The molecular weight excluding hydrogens is 172 g/mol. The van der Waals surface area contributed by atoms with Crippen molar-refractivity contribution in [2.45, 2.75) is 25.8 Å². The summed E-state index contributed by atoms with van der Waals surface area (Å²) >= 11 is 0. The van der Waals surface area contributed by atoms with Crippen molar-refractivity contribution < 1.29 is 0 Å². The molecule has 0 amide bonds. The highest BCUT2D eigenvalue weighted by Crippen LogP contribution is 2.42. The minimum absolute atomic E-state index is 0.899. The molecule has 1 saturated carbocycles. The first kappa shape index (κ1) is 9.17. The molecule has 2 saturated heterocycles. The molecule has 0 spiro atoms. The number of likely N-dealkylation sites (N-methyl/N-ethyl adjacent to an activating group) is 1. The zero-order valence-corrected chi connectivity index (χ0v) is 9.45. The van der Waals surface area contributed by atoms with Crippen LogP contribution in [0.25, 0.3) is 0 Å². The molecule has 0 aromatic carbocycles. The second-order valence-corrected chi connectivity index (χ2v) is 5.79. The Kier molecular flexibility index (Phi) is 2.10. The summed E-state index contributed by atoms with van der Waals surface area (Å²) in [5.41, 5.74) is 0. The van der Waals surface area contributed by atoms with Crippen LogP contribution < -0.4 is 0 Å². The van der Waals surface area contributed by atoms with Crippen molar-refractivity contribution in [3.63, 3.8) is 0 Å². The average Bonchev–Trinajstić information content (AvgIpc) is 2.39. The van der Waals surface area contributed by atoms with E-state index >= 15 is 0 Å². The van der Waals surface area contributed by atoms with Gasteiger partial charge in [0.05, 0.1) is 0 Å². The lowest BCUT2D eigenvalue weighted by Gasteiger charge is -2.48. The van der Waals surface area contributed by atoms with E-state index in [-0.39, 0.29) is 0 Å². The van der Waals surface area contributed by atoms with Crippen molar-refractivity contribution in [3.05, 3.63) is 0 Å². The third kappa shape index (κ3) is 1.31. The van der Waals surface area contributed by atoms with Gasteiger partial charge < -0.3 is 4.90 Å². The van der Waals surface area contributed by atoms with E-state index in [0.717, 1.165) is 23.8 Å². The van der Waals surface area contributed by atoms with E-state index in [1.165, 1.54) is 39.0 Å². The van der Waals surface area contributed by atoms with E-state index in [9.17, 15) is 0 Å². The number of fused-ring (bicyclic) bond motifs is 2. The second-order valence-electron chi connectivity index (χ2n) is 5.79. The fraction of sp³-hybridized carbons (Fsp3) is 1.00. The molecule has 0 N–H and O–H groups in total. The van der Waals surface area contributed by atoms with Gasteiger partial charge in [-0.1, -0.05) is 6.92 Å². The molecule has 2 aliphatic heterocycles. The Balaban J connectivity index is 1.63. The zero-order chi connectivity index (χ0) is 9.71. The fourth-order valence-corrected chi connectivity index (χ4v) is 3.73. The molecule has 2 heteroatoms. The highest BCUT2D eigenvalue weighted by Gasteiger charge is 2.42. The first-order chi connectivity index (χ1) is 6.74. The van der Waals surface area contributed by atoms with Crippen LogP contribution in [0.3, 0.4) is 0 Å². The topological polar surface area (TPSA) is 6.48 Å². The summed E-state index contributed by atoms with van der Waals surface area (Å²) in [5.74, 6) is 3.07. The summed E-state index contributed by atoms with van der Waals surface area (Å²) in [4.78, 5) is 5.22. The fourth-order valence-electron chi connectivity index (χ4n) is 3.73. The Morgan fingerprint density at radius 1 is 0.929 bits per heavy atom. The van der Waals surface area contributed by atoms with Gasteiger partial charge in [0.1, 0.15) is 0 Å². The van der Waals surface area contributed by atoms with Crippen molar-refractivity contribution >= 4 is 0 Å². The molecule has 2 unspecified atom stereocenters. The van der Waals surface area contributed by atoms with E-state index in [4.69, 9.17) is 0 Å². The molecule has 0 aromatic heterocycles. The molecule has 3 fully saturated rings. The molecule has 3 aliphatic rings. The Morgan fingerprint density at radius 3 is 2.00 bits per heavy atom. The number of hydrogen-bond acceptors (Lipinski definition) is 2. The van der Waals surface area contributed by atoms with Crippen LogP contribution in [0.15, 0.2) is 0 Å². The molecular formula is C12H22N2. The van der Waals surface area contributed by atoms with E-state index in [0.29, 0.717) is 0 Å². The minimum atomic E-state index is 0.899. The number of hydrogen-bond donors (Lipinski definition) is 0. The van der Waals surface area contributed by atoms with Gasteiger partial charge in [0.2, 0.25) is 0 Å². The van der Waals surface area contributed by atoms with Crippen LogP contribution in [0.4, 0.5) is 0 Å². The molecule has 2 bridgehead atoms. The lowest BCUT2D eigenvalue weighted by Crippen LogP contribution is -2.60. The summed E-state index contributed by atoms with van der Waals surface area (Å²) in [6.07, 6.45) is 3.01. The molecule has 3 rings (SSSR count). The second kappa shape index (κ2) is 3.21. The quantitative estimate of drug-likeness (QED) is 0.620. The van der Waals surface area contributed by atoms with E-state index in [1.807, 2.05) is 0 Å². The zero-order valence-electron chi connectivity index (χ0n) is 9.45. The standard InChI is InChI=1S/C12H22N2/c1-9-10-3-4-11(9)6-14(5-10)12-7-13(2)8-12/h9-12H,3-8H2,1-2H3. The predicted octanol–water partition coefficient (Wildman–Crippen LogP) is 1.28. The molecule has 2 atom stereocenters. The van der Waals surface area contributed by atoms with Crippen LogP contribution >= 0.6 is 0 Å². The van der Waals surface area contributed by atoms with Gasteiger partial charge in [0.25, 0.3) is 0 Å². The molecule has 80 valence electrons. The van der Waals surface area contributed by atoms with Gasteiger partial charge in [-0.05, 0) is 37.6 Å². The third-order valence-electron chi connectivity index (χ3n) is 4.89. The highest BCUT2D eigenvalue weighted by atomic mass is 15.3. The predicted molar refractivity (Wildman–Crippen MR) is 58.2 cm³/mol. The summed E-state index contributed by atoms with van der Waals surface area (Å²) < 4.78 is 0. The number of likely N-dealkylation sites (tertiary alicyclic amines) is 2. The molecule has 2 heterocycles. The molecule has 2 nitrogen and oxygen atoms in total. The Labute approximate surface area is 87.3 Å². The first-order valence-corrected chi connectivity index (χ1v) is 6.16. The SMILES string of the molecule is CC1C2CCC1CN(C1CN(C)C1)C2. The van der Waals surface area contributed by atoms with Gasteiger partial charge in [-0.25, -0.2) is 0 Å². The number of rotatable bonds is 1. The van der Waals surface area contributed by atoms with Crippen molar-refractivity contribution in [1.29, 1.82) is 0 Å². The van der Waals surface area contributed by atoms with Crippen LogP contribution in [-0.4, -0.2) is 49.1 Å². The van der Waals surface area contributed by atoms with Crippen LogP contribution in [0.5, 0.6) is 0 Å². The molecule has 1 aliphatic carbocycles. The largest absolute Gasteiger partial charge is 0.303 e. The normalized spacial score (nSPS) is 45.4. The van der Waals surface area contributed by atoms with Gasteiger partial charge in [0, 0.05) is 32.2 Å². The minimum Gasteiger partial charge on any atom is -0.303 e. The lowest BCUT2D eigenvalue weighted by atomic mass is 9.85. The Hall–Kier alpha value is -0.0800. The average molecular weight is 194 g/mol. The highest BCUT2D eigenvalue weighted by molar-refractivity contribution is 4.96. The summed E-state index contributed by atoms with van der Waals surface area (Å²) in [6.45, 7) is 7.90. The van der Waals surface area contributed by atoms with Crippen molar-refractivity contribution in [2.75, 3.05) is 33.2 Å². The molecule has 14 heavy (non-hydrogen) atoms. The van der Waals surface area contributed by atoms with E-state index < -0.39 is 0 Å². The monoisotopic (exact) mass is 194 g/mol. The van der Waals surface area contributed by atoms with Crippen molar-refractivity contribution in [3.8, 4) is 0 Å².